The molecule has 1 N–H and O–H groups in total. The SMILES string of the molecule is CCC1CCc2c(sc(NC(=O)CSc3nnc(-c4cccs4)n3CC3CCCO3)c2C#N)C1. The summed E-state index contributed by atoms with van der Waals surface area (Å²) in [6.45, 7) is 3.69. The van der Waals surface area contributed by atoms with Gasteiger partial charge in [0, 0.05) is 11.5 Å². The van der Waals surface area contributed by atoms with Crippen LogP contribution in [0.3, 0.4) is 0 Å². The molecule has 1 saturated heterocycles. The normalized spacial score (nSPS) is 19.6. The minimum atomic E-state index is -0.128. The number of fused-ring (bicyclic) bond motifs is 1. The molecule has 2 atom stereocenters. The van der Waals surface area contributed by atoms with Crippen LogP contribution in [0.5, 0.6) is 0 Å². The van der Waals surface area contributed by atoms with E-state index in [1.807, 2.05) is 17.5 Å². The van der Waals surface area contributed by atoms with Gasteiger partial charge in [0.05, 0.1) is 28.8 Å². The van der Waals surface area contributed by atoms with Crippen molar-refractivity contribution in [1.82, 2.24) is 14.8 Å². The van der Waals surface area contributed by atoms with Crippen molar-refractivity contribution in [3.63, 3.8) is 0 Å². The number of nitriles is 1. The van der Waals surface area contributed by atoms with Gasteiger partial charge in [-0.1, -0.05) is 31.2 Å². The van der Waals surface area contributed by atoms with Gasteiger partial charge in [-0.2, -0.15) is 5.26 Å². The van der Waals surface area contributed by atoms with Crippen LogP contribution < -0.4 is 5.32 Å². The molecular weight excluding hydrogens is 486 g/mol. The summed E-state index contributed by atoms with van der Waals surface area (Å²) in [5.41, 5.74) is 1.78. The van der Waals surface area contributed by atoms with E-state index in [0.29, 0.717) is 28.2 Å². The van der Waals surface area contributed by atoms with E-state index in [1.165, 1.54) is 16.6 Å². The lowest BCUT2D eigenvalue weighted by molar-refractivity contribution is -0.113. The Labute approximate surface area is 211 Å². The van der Waals surface area contributed by atoms with Crippen LogP contribution >= 0.6 is 34.4 Å². The monoisotopic (exact) mass is 513 g/mol. The molecule has 0 bridgehead atoms. The van der Waals surface area contributed by atoms with Gasteiger partial charge < -0.3 is 10.1 Å². The average Bonchev–Trinajstić information content (AvgIpc) is 3.64. The summed E-state index contributed by atoms with van der Waals surface area (Å²) < 4.78 is 7.93. The predicted molar refractivity (Wildman–Crippen MR) is 137 cm³/mol. The molecule has 3 aromatic rings. The molecule has 1 amide bonds. The van der Waals surface area contributed by atoms with Crippen molar-refractivity contribution in [2.75, 3.05) is 17.7 Å². The summed E-state index contributed by atoms with van der Waals surface area (Å²) in [5.74, 6) is 1.57. The molecule has 1 aliphatic heterocycles. The molecular formula is C24H27N5O2S3. The third kappa shape index (κ3) is 4.93. The summed E-state index contributed by atoms with van der Waals surface area (Å²) in [7, 11) is 0. The van der Waals surface area contributed by atoms with E-state index in [2.05, 4.69) is 33.1 Å². The number of hydrogen-bond donors (Lipinski definition) is 1. The number of carbonyl (C=O) groups is 1. The maximum Gasteiger partial charge on any atom is 0.235 e. The minimum Gasteiger partial charge on any atom is -0.376 e. The van der Waals surface area contributed by atoms with Gasteiger partial charge in [-0.05, 0) is 55.0 Å². The molecule has 178 valence electrons. The van der Waals surface area contributed by atoms with Crippen LogP contribution in [0.1, 0.15) is 48.6 Å². The predicted octanol–water partition coefficient (Wildman–Crippen LogP) is 5.36. The van der Waals surface area contributed by atoms with Gasteiger partial charge in [-0.15, -0.1) is 32.9 Å². The van der Waals surface area contributed by atoms with Gasteiger partial charge in [-0.25, -0.2) is 0 Å². The Bertz CT molecular complexity index is 1190. The van der Waals surface area contributed by atoms with Crippen LogP contribution in [-0.4, -0.2) is 39.1 Å². The Morgan fingerprint density at radius 2 is 2.32 bits per heavy atom. The van der Waals surface area contributed by atoms with E-state index < -0.39 is 0 Å². The van der Waals surface area contributed by atoms with E-state index in [-0.39, 0.29) is 17.8 Å². The van der Waals surface area contributed by atoms with Gasteiger partial charge in [-0.3, -0.25) is 9.36 Å². The molecule has 34 heavy (non-hydrogen) atoms. The third-order valence-corrected chi connectivity index (χ3v) is 9.51. The first-order chi connectivity index (χ1) is 16.7. The lowest BCUT2D eigenvalue weighted by Gasteiger charge is -2.20. The number of thiophene rings is 2. The van der Waals surface area contributed by atoms with Gasteiger partial charge >= 0.3 is 0 Å². The van der Waals surface area contributed by atoms with E-state index in [9.17, 15) is 10.1 Å². The second-order valence-electron chi connectivity index (χ2n) is 8.70. The lowest BCUT2D eigenvalue weighted by atomic mass is 9.86. The van der Waals surface area contributed by atoms with Crippen LogP contribution in [-0.2, 0) is 28.9 Å². The molecule has 4 heterocycles. The van der Waals surface area contributed by atoms with Crippen LogP contribution in [0.25, 0.3) is 10.7 Å². The van der Waals surface area contributed by atoms with Crippen molar-refractivity contribution in [2.45, 2.75) is 63.3 Å². The number of anilines is 1. The van der Waals surface area contributed by atoms with Crippen molar-refractivity contribution >= 4 is 45.3 Å². The highest BCUT2D eigenvalue weighted by molar-refractivity contribution is 7.99. The van der Waals surface area contributed by atoms with Crippen molar-refractivity contribution in [3.05, 3.63) is 33.5 Å². The Morgan fingerprint density at radius 1 is 1.41 bits per heavy atom. The number of rotatable bonds is 8. The Hall–Kier alpha value is -2.19. The second-order valence-corrected chi connectivity index (χ2v) is 11.7. The van der Waals surface area contributed by atoms with Crippen LogP contribution in [0, 0.1) is 17.2 Å². The summed E-state index contributed by atoms with van der Waals surface area (Å²) in [6, 6.07) is 6.37. The van der Waals surface area contributed by atoms with Crippen molar-refractivity contribution < 1.29 is 9.53 Å². The quantitative estimate of drug-likeness (QED) is 0.407. The molecule has 7 nitrogen and oxygen atoms in total. The molecule has 3 aromatic heterocycles. The number of amides is 1. The highest BCUT2D eigenvalue weighted by Crippen LogP contribution is 2.40. The lowest BCUT2D eigenvalue weighted by Crippen LogP contribution is -2.18. The summed E-state index contributed by atoms with van der Waals surface area (Å²) in [6.07, 6.45) is 6.43. The maximum atomic E-state index is 12.9. The zero-order chi connectivity index (χ0) is 23.5. The van der Waals surface area contributed by atoms with Crippen LogP contribution in [0.2, 0.25) is 0 Å². The molecule has 10 heteroatoms. The van der Waals surface area contributed by atoms with Crippen molar-refractivity contribution in [3.8, 4) is 16.8 Å². The maximum absolute atomic E-state index is 12.9. The van der Waals surface area contributed by atoms with Crippen LogP contribution in [0.15, 0.2) is 22.7 Å². The molecule has 2 unspecified atom stereocenters. The molecule has 0 spiro atoms. The molecule has 1 aliphatic carbocycles. The first-order valence-electron chi connectivity index (χ1n) is 11.7. The zero-order valence-corrected chi connectivity index (χ0v) is 21.5. The number of carbonyl (C=O) groups excluding carboxylic acids is 1. The zero-order valence-electron chi connectivity index (χ0n) is 19.1. The number of ether oxygens (including phenoxy) is 1. The number of nitrogens with zero attached hydrogens (tertiary/aromatic N) is 4. The Morgan fingerprint density at radius 3 is 3.06 bits per heavy atom. The largest absolute Gasteiger partial charge is 0.376 e. The summed E-state index contributed by atoms with van der Waals surface area (Å²) >= 11 is 4.57. The number of nitrogens with one attached hydrogen (secondary N) is 1. The van der Waals surface area contributed by atoms with Gasteiger partial charge in [0.15, 0.2) is 11.0 Å². The highest BCUT2D eigenvalue weighted by Gasteiger charge is 2.26. The standard InChI is InChI=1S/C24H27N5O2S3/c1-2-15-7-8-17-18(12-25)23(34-20(17)11-15)26-21(30)14-33-24-28-27-22(19-6-4-10-32-19)29(24)13-16-5-3-9-31-16/h4,6,10,15-16H,2-3,5,7-9,11,13-14H2,1H3,(H,26,30). The van der Waals surface area contributed by atoms with Gasteiger partial charge in [0.1, 0.15) is 11.1 Å². The molecule has 1 fully saturated rings. The number of aromatic nitrogens is 3. The topological polar surface area (TPSA) is 92.8 Å². The minimum absolute atomic E-state index is 0.128. The fourth-order valence-electron chi connectivity index (χ4n) is 4.64. The molecule has 2 aliphatic rings. The molecule has 0 aromatic carbocycles. The van der Waals surface area contributed by atoms with Gasteiger partial charge in [0.25, 0.3) is 0 Å². The smallest absolute Gasteiger partial charge is 0.235 e. The van der Waals surface area contributed by atoms with Crippen molar-refractivity contribution in [2.24, 2.45) is 5.92 Å². The molecule has 0 radical (unpaired) electrons. The average molecular weight is 514 g/mol. The van der Waals surface area contributed by atoms with Gasteiger partial charge in [0.2, 0.25) is 5.91 Å². The Kier molecular flexibility index (Phi) is 7.34. The van der Waals surface area contributed by atoms with Crippen molar-refractivity contribution in [1.29, 1.82) is 5.26 Å². The summed E-state index contributed by atoms with van der Waals surface area (Å²) in [5, 5.41) is 25.0. The van der Waals surface area contributed by atoms with Crippen LogP contribution in [0.4, 0.5) is 5.00 Å². The first-order valence-corrected chi connectivity index (χ1v) is 14.4. The number of thioether (sulfide) groups is 1. The molecule has 5 rings (SSSR count). The fourth-order valence-corrected chi connectivity index (χ4v) is 7.44. The summed E-state index contributed by atoms with van der Waals surface area (Å²) in [4.78, 5) is 15.2. The second kappa shape index (κ2) is 10.6. The third-order valence-electron chi connectivity index (χ3n) is 6.51. The van der Waals surface area contributed by atoms with E-state index in [1.54, 1.807) is 22.7 Å². The van der Waals surface area contributed by atoms with E-state index in [0.717, 1.165) is 61.4 Å². The first kappa shape index (κ1) is 23.5. The van der Waals surface area contributed by atoms with E-state index >= 15 is 0 Å². The molecule has 0 saturated carbocycles. The number of hydrogen-bond acceptors (Lipinski definition) is 8. The Balaban J connectivity index is 1.29. The van der Waals surface area contributed by atoms with E-state index in [4.69, 9.17) is 4.74 Å². The fraction of sp³-hybridized carbons (Fsp3) is 0.500. The highest BCUT2D eigenvalue weighted by atomic mass is 32.2.